The van der Waals surface area contributed by atoms with Crippen molar-refractivity contribution in [3.8, 4) is 0 Å². The lowest BCUT2D eigenvalue weighted by Crippen LogP contribution is -2.48. The van der Waals surface area contributed by atoms with Crippen molar-refractivity contribution in [2.24, 2.45) is 0 Å². The van der Waals surface area contributed by atoms with E-state index < -0.39 is 11.7 Å². The van der Waals surface area contributed by atoms with Crippen LogP contribution in [-0.4, -0.2) is 47.8 Å². The lowest BCUT2D eigenvalue weighted by Gasteiger charge is -2.34. The van der Waals surface area contributed by atoms with Gasteiger partial charge in [0, 0.05) is 44.5 Å². The summed E-state index contributed by atoms with van der Waals surface area (Å²) in [4.78, 5) is 29.1. The second-order valence-corrected chi connectivity index (χ2v) is 8.11. The molecule has 1 aliphatic heterocycles. The maximum absolute atomic E-state index is 12.7. The molecule has 1 aliphatic rings. The van der Waals surface area contributed by atoms with Crippen LogP contribution in [0.15, 0.2) is 36.4 Å². The first-order valence-corrected chi connectivity index (χ1v) is 10.0. The number of hydrogen-bond donors (Lipinski definition) is 1. The fraction of sp³-hybridized carbons (Fsp3) is 0.400. The molecule has 1 aromatic heterocycles. The number of halogens is 3. The van der Waals surface area contributed by atoms with Crippen molar-refractivity contribution in [2.75, 3.05) is 26.2 Å². The van der Waals surface area contributed by atoms with Crippen LogP contribution >= 0.6 is 11.3 Å². The van der Waals surface area contributed by atoms with E-state index in [9.17, 15) is 22.8 Å². The standard InChI is InChI=1S/C20H22F3N3O2S/c1-14(27)24-12-17-6-7-18(29-17)19(28)26-10-8-25(9-11-26)13-15-2-4-16(5-3-15)20(21,22)23/h2-7H,8-13H2,1H3,(H,24,27). The van der Waals surface area contributed by atoms with Crippen molar-refractivity contribution < 1.29 is 22.8 Å². The minimum Gasteiger partial charge on any atom is -0.351 e. The number of benzene rings is 1. The number of carbonyl (C=O) groups is 2. The number of nitrogens with zero attached hydrogens (tertiary/aromatic N) is 2. The first-order chi connectivity index (χ1) is 13.7. The van der Waals surface area contributed by atoms with E-state index in [4.69, 9.17) is 0 Å². The number of hydrogen-bond acceptors (Lipinski definition) is 4. The average Bonchev–Trinajstić information content (AvgIpc) is 3.15. The van der Waals surface area contributed by atoms with Crippen LogP contribution < -0.4 is 5.32 Å². The Kier molecular flexibility index (Phi) is 6.59. The van der Waals surface area contributed by atoms with E-state index in [-0.39, 0.29) is 11.8 Å². The van der Waals surface area contributed by atoms with Crippen molar-refractivity contribution in [3.63, 3.8) is 0 Å². The number of piperazine rings is 1. The summed E-state index contributed by atoms with van der Waals surface area (Å²) in [6, 6.07) is 8.83. The molecule has 156 valence electrons. The van der Waals surface area contributed by atoms with Crippen molar-refractivity contribution in [1.82, 2.24) is 15.1 Å². The average molecular weight is 425 g/mol. The first-order valence-electron chi connectivity index (χ1n) is 9.23. The van der Waals surface area contributed by atoms with Crippen LogP contribution in [0.1, 0.15) is 32.6 Å². The van der Waals surface area contributed by atoms with Crippen LogP contribution in [0.2, 0.25) is 0 Å². The van der Waals surface area contributed by atoms with Crippen LogP contribution in [0.4, 0.5) is 13.2 Å². The van der Waals surface area contributed by atoms with Gasteiger partial charge in [-0.1, -0.05) is 12.1 Å². The van der Waals surface area contributed by atoms with E-state index in [0.29, 0.717) is 44.1 Å². The zero-order valence-electron chi connectivity index (χ0n) is 16.0. The molecule has 5 nitrogen and oxygen atoms in total. The summed E-state index contributed by atoms with van der Waals surface area (Å²) in [5.74, 6) is -0.145. The minimum atomic E-state index is -4.33. The predicted molar refractivity (Wildman–Crippen MR) is 104 cm³/mol. The molecule has 1 N–H and O–H groups in total. The van der Waals surface area contributed by atoms with Gasteiger partial charge in [-0.15, -0.1) is 11.3 Å². The van der Waals surface area contributed by atoms with Crippen LogP contribution in [0.5, 0.6) is 0 Å². The lowest BCUT2D eigenvalue weighted by molar-refractivity contribution is -0.137. The molecular formula is C20H22F3N3O2S. The summed E-state index contributed by atoms with van der Waals surface area (Å²) in [5.41, 5.74) is 0.170. The Morgan fingerprint density at radius 2 is 1.69 bits per heavy atom. The number of carbonyl (C=O) groups excluding carboxylic acids is 2. The monoisotopic (exact) mass is 425 g/mol. The largest absolute Gasteiger partial charge is 0.416 e. The zero-order chi connectivity index (χ0) is 21.0. The van der Waals surface area contributed by atoms with E-state index in [1.165, 1.54) is 30.4 Å². The molecule has 1 saturated heterocycles. The molecule has 0 unspecified atom stereocenters. The van der Waals surface area contributed by atoms with Crippen molar-refractivity contribution in [3.05, 3.63) is 57.3 Å². The molecule has 2 aromatic rings. The molecule has 3 rings (SSSR count). The van der Waals surface area contributed by atoms with Gasteiger partial charge < -0.3 is 10.2 Å². The molecule has 0 radical (unpaired) electrons. The van der Waals surface area contributed by atoms with Gasteiger partial charge >= 0.3 is 6.18 Å². The van der Waals surface area contributed by atoms with Gasteiger partial charge in [-0.05, 0) is 29.8 Å². The normalized spacial score (nSPS) is 15.4. The second-order valence-electron chi connectivity index (χ2n) is 6.94. The topological polar surface area (TPSA) is 52.7 Å². The number of amides is 2. The molecule has 29 heavy (non-hydrogen) atoms. The van der Waals surface area contributed by atoms with Crippen LogP contribution in [0.25, 0.3) is 0 Å². The van der Waals surface area contributed by atoms with Crippen molar-refractivity contribution >= 4 is 23.2 Å². The first kappa shape index (κ1) is 21.3. The second kappa shape index (κ2) is 8.96. The Bertz CT molecular complexity index is 857. The maximum Gasteiger partial charge on any atom is 0.416 e. The van der Waals surface area contributed by atoms with Gasteiger partial charge in [-0.2, -0.15) is 13.2 Å². The van der Waals surface area contributed by atoms with Gasteiger partial charge in [0.05, 0.1) is 17.0 Å². The fourth-order valence-corrected chi connectivity index (χ4v) is 4.04. The van der Waals surface area contributed by atoms with E-state index in [1.807, 2.05) is 6.07 Å². The maximum atomic E-state index is 12.7. The van der Waals surface area contributed by atoms with Gasteiger partial charge in [-0.3, -0.25) is 14.5 Å². The molecule has 2 amide bonds. The van der Waals surface area contributed by atoms with Crippen LogP contribution in [0, 0.1) is 0 Å². The minimum absolute atomic E-state index is 0.0294. The third-order valence-electron chi connectivity index (χ3n) is 4.73. The van der Waals surface area contributed by atoms with Crippen LogP contribution in [-0.2, 0) is 24.1 Å². The fourth-order valence-electron chi connectivity index (χ4n) is 3.12. The van der Waals surface area contributed by atoms with E-state index in [0.717, 1.165) is 22.6 Å². The Hall–Kier alpha value is -2.39. The van der Waals surface area contributed by atoms with Gasteiger partial charge in [-0.25, -0.2) is 0 Å². The van der Waals surface area contributed by atoms with E-state index in [2.05, 4.69) is 10.2 Å². The quantitative estimate of drug-likeness (QED) is 0.799. The Morgan fingerprint density at radius 1 is 1.03 bits per heavy atom. The molecule has 0 aliphatic carbocycles. The molecular weight excluding hydrogens is 403 g/mol. The molecule has 1 fully saturated rings. The van der Waals surface area contributed by atoms with Gasteiger partial charge in [0.15, 0.2) is 0 Å². The Labute approximate surface area is 171 Å². The Balaban J connectivity index is 1.50. The third-order valence-corrected chi connectivity index (χ3v) is 5.80. The molecule has 0 spiro atoms. The molecule has 9 heteroatoms. The number of nitrogens with one attached hydrogen (secondary N) is 1. The number of rotatable bonds is 5. The van der Waals surface area contributed by atoms with Gasteiger partial charge in [0.25, 0.3) is 5.91 Å². The predicted octanol–water partition coefficient (Wildman–Crippen LogP) is 3.36. The summed E-state index contributed by atoms with van der Waals surface area (Å²) < 4.78 is 38.0. The molecule has 0 bridgehead atoms. The molecule has 1 aromatic carbocycles. The summed E-state index contributed by atoms with van der Waals surface area (Å²) in [6.45, 7) is 4.88. The summed E-state index contributed by atoms with van der Waals surface area (Å²) in [6.07, 6.45) is -4.33. The third kappa shape index (κ3) is 5.80. The highest BCUT2D eigenvalue weighted by Crippen LogP contribution is 2.29. The smallest absolute Gasteiger partial charge is 0.351 e. The molecule has 0 saturated carbocycles. The summed E-state index contributed by atoms with van der Waals surface area (Å²) >= 11 is 1.37. The van der Waals surface area contributed by atoms with Gasteiger partial charge in [0.1, 0.15) is 0 Å². The van der Waals surface area contributed by atoms with E-state index in [1.54, 1.807) is 11.0 Å². The Morgan fingerprint density at radius 3 is 2.28 bits per heavy atom. The number of alkyl halides is 3. The zero-order valence-corrected chi connectivity index (χ0v) is 16.8. The number of thiophene rings is 1. The lowest BCUT2D eigenvalue weighted by atomic mass is 10.1. The summed E-state index contributed by atoms with van der Waals surface area (Å²) in [7, 11) is 0. The highest BCUT2D eigenvalue weighted by Gasteiger charge is 2.30. The highest BCUT2D eigenvalue weighted by atomic mass is 32.1. The van der Waals surface area contributed by atoms with Gasteiger partial charge in [0.2, 0.25) is 5.91 Å². The highest BCUT2D eigenvalue weighted by molar-refractivity contribution is 7.14. The van der Waals surface area contributed by atoms with E-state index >= 15 is 0 Å². The molecule has 0 atom stereocenters. The van der Waals surface area contributed by atoms with Crippen molar-refractivity contribution in [1.29, 1.82) is 0 Å². The SMILES string of the molecule is CC(=O)NCc1ccc(C(=O)N2CCN(Cc3ccc(C(F)(F)F)cc3)CC2)s1. The molecule has 2 heterocycles. The van der Waals surface area contributed by atoms with Crippen LogP contribution in [0.3, 0.4) is 0 Å². The van der Waals surface area contributed by atoms with Crippen molar-refractivity contribution in [2.45, 2.75) is 26.2 Å². The summed E-state index contributed by atoms with van der Waals surface area (Å²) in [5, 5.41) is 2.71.